The maximum Gasteiger partial charge on any atom is 0.243 e. The van der Waals surface area contributed by atoms with Crippen molar-refractivity contribution in [2.45, 2.75) is 50.5 Å². The molecule has 1 aliphatic heterocycles. The Morgan fingerprint density at radius 3 is 2.50 bits per heavy atom. The number of rotatable bonds is 7. The third-order valence-electron chi connectivity index (χ3n) is 5.20. The third-order valence-corrected chi connectivity index (χ3v) is 7.11. The van der Waals surface area contributed by atoms with Crippen molar-refractivity contribution in [3.05, 3.63) is 54.0 Å². The van der Waals surface area contributed by atoms with Crippen LogP contribution in [0.1, 0.15) is 37.5 Å². The van der Waals surface area contributed by atoms with E-state index >= 15 is 0 Å². The first-order valence-electron chi connectivity index (χ1n) is 9.73. The zero-order chi connectivity index (χ0) is 20.1. The van der Waals surface area contributed by atoms with E-state index in [2.05, 4.69) is 5.32 Å². The van der Waals surface area contributed by atoms with Crippen LogP contribution in [0.2, 0.25) is 0 Å². The summed E-state index contributed by atoms with van der Waals surface area (Å²) < 4.78 is 32.4. The van der Waals surface area contributed by atoms with Crippen LogP contribution in [0.4, 0.5) is 0 Å². The van der Waals surface area contributed by atoms with Gasteiger partial charge in [-0.1, -0.05) is 17.7 Å². The number of benzene rings is 1. The molecule has 1 amide bonds. The molecule has 1 saturated heterocycles. The summed E-state index contributed by atoms with van der Waals surface area (Å²) in [7, 11) is -3.46. The maximum absolute atomic E-state index is 12.8. The van der Waals surface area contributed by atoms with Crippen molar-refractivity contribution in [2.75, 3.05) is 13.1 Å². The monoisotopic (exact) mass is 404 g/mol. The molecule has 2 aromatic rings. The van der Waals surface area contributed by atoms with E-state index in [1.807, 2.05) is 38.1 Å². The number of carbonyl (C=O) groups is 1. The quantitative estimate of drug-likeness (QED) is 0.769. The minimum Gasteiger partial charge on any atom is -0.469 e. The second kappa shape index (κ2) is 8.92. The predicted molar refractivity (Wildman–Crippen MR) is 107 cm³/mol. The second-order valence-corrected chi connectivity index (χ2v) is 9.55. The van der Waals surface area contributed by atoms with Gasteiger partial charge in [-0.15, -0.1) is 0 Å². The van der Waals surface area contributed by atoms with Gasteiger partial charge in [-0.05, 0) is 56.9 Å². The summed E-state index contributed by atoms with van der Waals surface area (Å²) in [4.78, 5) is 12.6. The lowest BCUT2D eigenvalue weighted by atomic mass is 9.94. The number of amides is 1. The molecule has 0 radical (unpaired) electrons. The van der Waals surface area contributed by atoms with E-state index in [0.717, 1.165) is 11.3 Å². The number of carbonyl (C=O) groups excluding carboxylic acids is 1. The molecule has 2 heterocycles. The van der Waals surface area contributed by atoms with Gasteiger partial charge in [0.05, 0.1) is 11.2 Å². The van der Waals surface area contributed by atoms with Gasteiger partial charge in [0, 0.05) is 32.0 Å². The highest BCUT2D eigenvalue weighted by Crippen LogP contribution is 2.26. The number of hydrogen-bond donors (Lipinski definition) is 1. The molecule has 1 aliphatic rings. The number of piperidine rings is 1. The van der Waals surface area contributed by atoms with Crippen molar-refractivity contribution in [3.63, 3.8) is 0 Å². The molecule has 0 aliphatic carbocycles. The Bertz CT molecular complexity index is 868. The van der Waals surface area contributed by atoms with Gasteiger partial charge < -0.3 is 9.73 Å². The van der Waals surface area contributed by atoms with Crippen molar-refractivity contribution < 1.29 is 17.6 Å². The summed E-state index contributed by atoms with van der Waals surface area (Å²) in [5.74, 6) is 1.07. The molecule has 1 aromatic heterocycles. The Balaban J connectivity index is 1.47. The highest BCUT2D eigenvalue weighted by atomic mass is 32.2. The fraction of sp³-hybridized carbons (Fsp3) is 0.476. The molecule has 3 rings (SSSR count). The second-order valence-electron chi connectivity index (χ2n) is 7.62. The number of aryl methyl sites for hydroxylation is 1. The van der Waals surface area contributed by atoms with E-state index in [1.165, 1.54) is 4.31 Å². The fourth-order valence-corrected chi connectivity index (χ4v) is 5.06. The van der Waals surface area contributed by atoms with E-state index < -0.39 is 10.0 Å². The molecule has 1 fully saturated rings. The topological polar surface area (TPSA) is 79.6 Å². The lowest BCUT2D eigenvalue weighted by molar-refractivity contribution is -0.122. The number of sulfonamides is 1. The highest BCUT2D eigenvalue weighted by Gasteiger charge is 2.30. The molecule has 1 N–H and O–H groups in total. The fourth-order valence-electron chi connectivity index (χ4n) is 3.59. The number of nitrogens with one attached hydrogen (secondary N) is 1. The molecule has 6 nitrogen and oxygen atoms in total. The minimum absolute atomic E-state index is 0.000606. The molecule has 0 unspecified atom stereocenters. The van der Waals surface area contributed by atoms with Crippen molar-refractivity contribution in [3.8, 4) is 0 Å². The van der Waals surface area contributed by atoms with Gasteiger partial charge in [0.1, 0.15) is 5.76 Å². The van der Waals surface area contributed by atoms with Crippen LogP contribution in [-0.4, -0.2) is 37.8 Å². The number of furan rings is 1. The molecular formula is C21H28N2O4S. The van der Waals surface area contributed by atoms with Crippen molar-refractivity contribution in [2.24, 2.45) is 5.92 Å². The summed E-state index contributed by atoms with van der Waals surface area (Å²) in [6, 6.07) is 10.7. The van der Waals surface area contributed by atoms with E-state index in [-0.39, 0.29) is 17.9 Å². The van der Waals surface area contributed by atoms with E-state index in [9.17, 15) is 13.2 Å². The zero-order valence-corrected chi connectivity index (χ0v) is 17.2. The largest absolute Gasteiger partial charge is 0.469 e. The first-order chi connectivity index (χ1) is 13.3. The van der Waals surface area contributed by atoms with Gasteiger partial charge in [0.15, 0.2) is 0 Å². The molecule has 152 valence electrons. The van der Waals surface area contributed by atoms with E-state index in [0.29, 0.717) is 43.7 Å². The van der Waals surface area contributed by atoms with Crippen LogP contribution < -0.4 is 5.32 Å². The summed E-state index contributed by atoms with van der Waals surface area (Å²) in [6.07, 6.45) is 4.12. The van der Waals surface area contributed by atoms with Crippen LogP contribution >= 0.6 is 0 Å². The molecule has 0 spiro atoms. The maximum atomic E-state index is 12.8. The Morgan fingerprint density at radius 1 is 1.21 bits per heavy atom. The Labute approximate surface area is 167 Å². The first-order valence-corrected chi connectivity index (χ1v) is 11.2. The normalized spacial score (nSPS) is 17.4. The van der Waals surface area contributed by atoms with E-state index in [1.54, 1.807) is 18.4 Å². The highest BCUT2D eigenvalue weighted by molar-refractivity contribution is 7.89. The van der Waals surface area contributed by atoms with Gasteiger partial charge in [0.25, 0.3) is 0 Å². The molecule has 0 bridgehead atoms. The van der Waals surface area contributed by atoms with Crippen molar-refractivity contribution in [1.29, 1.82) is 0 Å². The van der Waals surface area contributed by atoms with Gasteiger partial charge in [-0.3, -0.25) is 4.79 Å². The van der Waals surface area contributed by atoms with Crippen molar-refractivity contribution >= 4 is 15.9 Å². The first kappa shape index (κ1) is 20.6. The molecular weight excluding hydrogens is 376 g/mol. The van der Waals surface area contributed by atoms with Crippen LogP contribution in [0.25, 0.3) is 0 Å². The summed E-state index contributed by atoms with van der Waals surface area (Å²) in [5.41, 5.74) is 1.03. The smallest absolute Gasteiger partial charge is 0.243 e. The van der Waals surface area contributed by atoms with Gasteiger partial charge >= 0.3 is 0 Å². The summed E-state index contributed by atoms with van der Waals surface area (Å²) in [5, 5.41) is 3.01. The van der Waals surface area contributed by atoms with Crippen LogP contribution in [0.15, 0.2) is 52.0 Å². The Morgan fingerprint density at radius 2 is 1.89 bits per heavy atom. The molecule has 1 atom stereocenters. The van der Waals surface area contributed by atoms with Gasteiger partial charge in [0.2, 0.25) is 15.9 Å². The Hall–Kier alpha value is -2.12. The summed E-state index contributed by atoms with van der Waals surface area (Å²) >= 11 is 0. The van der Waals surface area contributed by atoms with E-state index in [4.69, 9.17) is 4.42 Å². The van der Waals surface area contributed by atoms with Crippen LogP contribution in [-0.2, 0) is 21.2 Å². The Kier molecular flexibility index (Phi) is 6.57. The standard InChI is InChI=1S/C21H28N2O4S/c1-16-5-7-20(8-6-16)28(25,26)23-11-9-18(10-12-23)15-21(24)22-17(2)14-19-4-3-13-27-19/h3-8,13,17-18H,9-12,14-15H2,1-2H3,(H,22,24)/t17-/m0/s1. The van der Waals surface area contributed by atoms with Crippen molar-refractivity contribution in [1.82, 2.24) is 9.62 Å². The van der Waals surface area contributed by atoms with Crippen LogP contribution in [0.5, 0.6) is 0 Å². The number of nitrogens with zero attached hydrogens (tertiary/aromatic N) is 1. The van der Waals surface area contributed by atoms with Crippen LogP contribution in [0.3, 0.4) is 0 Å². The average Bonchev–Trinajstić information content (AvgIpc) is 3.15. The number of hydrogen-bond acceptors (Lipinski definition) is 4. The molecule has 28 heavy (non-hydrogen) atoms. The average molecular weight is 405 g/mol. The zero-order valence-electron chi connectivity index (χ0n) is 16.4. The van der Waals surface area contributed by atoms with Crippen LogP contribution in [0, 0.1) is 12.8 Å². The van der Waals surface area contributed by atoms with Gasteiger partial charge in [-0.2, -0.15) is 4.31 Å². The lowest BCUT2D eigenvalue weighted by Gasteiger charge is -2.31. The summed E-state index contributed by atoms with van der Waals surface area (Å²) in [6.45, 7) is 4.80. The SMILES string of the molecule is Cc1ccc(S(=O)(=O)N2CCC(CC(=O)N[C@@H](C)Cc3ccco3)CC2)cc1. The lowest BCUT2D eigenvalue weighted by Crippen LogP contribution is -2.40. The molecule has 1 aromatic carbocycles. The molecule has 0 saturated carbocycles. The predicted octanol–water partition coefficient (Wildman–Crippen LogP) is 3.13. The van der Waals surface area contributed by atoms with Gasteiger partial charge in [-0.25, -0.2) is 8.42 Å². The minimum atomic E-state index is -3.46. The third kappa shape index (κ3) is 5.23. The molecule has 7 heteroatoms.